The van der Waals surface area contributed by atoms with Crippen molar-refractivity contribution in [3.8, 4) is 5.75 Å². The Labute approximate surface area is 160 Å². The topological polar surface area (TPSA) is 55.4 Å². The molecule has 0 unspecified atom stereocenters. The quantitative estimate of drug-likeness (QED) is 0.641. The lowest BCUT2D eigenvalue weighted by Gasteiger charge is -2.09. The third kappa shape index (κ3) is 5.76. The second-order valence-electron chi connectivity index (χ2n) is 4.98. The van der Waals surface area contributed by atoms with Crippen LogP contribution in [-0.2, 0) is 15.8 Å². The van der Waals surface area contributed by atoms with E-state index >= 15 is 0 Å². The average Bonchev–Trinajstić information content (AvgIpc) is 2.56. The molecule has 136 valence electrons. The minimum Gasteiger partial charge on any atom is -0.494 e. The van der Waals surface area contributed by atoms with Crippen molar-refractivity contribution >= 4 is 45.0 Å². The van der Waals surface area contributed by atoms with Crippen molar-refractivity contribution in [2.24, 2.45) is 0 Å². The van der Waals surface area contributed by atoms with E-state index in [2.05, 4.69) is 4.72 Å². The first kappa shape index (κ1) is 20.3. The second kappa shape index (κ2) is 9.09. The molecule has 0 atom stereocenters. The summed E-state index contributed by atoms with van der Waals surface area (Å²) in [4.78, 5) is -0.0449. The molecule has 0 fully saturated rings. The molecule has 4 nitrogen and oxygen atoms in total. The Morgan fingerprint density at radius 2 is 1.96 bits per heavy atom. The van der Waals surface area contributed by atoms with Crippen LogP contribution in [0.1, 0.15) is 5.56 Å². The fraction of sp³-hybridized carbons (Fsp3) is 0.250. The third-order valence-electron chi connectivity index (χ3n) is 3.24. The highest BCUT2D eigenvalue weighted by Crippen LogP contribution is 2.25. The van der Waals surface area contributed by atoms with Gasteiger partial charge in [-0.1, -0.05) is 29.3 Å². The number of rotatable bonds is 8. The molecule has 0 saturated carbocycles. The lowest BCUT2D eigenvalue weighted by molar-refractivity contribution is 0.385. The second-order valence-corrected chi connectivity index (χ2v) is 8.70. The first-order valence-corrected chi connectivity index (χ1v) is 10.6. The Hall–Kier alpha value is -0.990. The zero-order valence-electron chi connectivity index (χ0n) is 13.3. The molecular formula is C16H16Cl2FNO3S2. The van der Waals surface area contributed by atoms with Crippen LogP contribution in [0.15, 0.2) is 41.3 Å². The summed E-state index contributed by atoms with van der Waals surface area (Å²) in [7, 11) is -2.44. The van der Waals surface area contributed by atoms with Gasteiger partial charge in [0.1, 0.15) is 0 Å². The van der Waals surface area contributed by atoms with Crippen molar-refractivity contribution in [1.29, 1.82) is 0 Å². The molecule has 0 heterocycles. The highest BCUT2D eigenvalue weighted by molar-refractivity contribution is 7.98. The molecule has 0 radical (unpaired) electrons. The van der Waals surface area contributed by atoms with Gasteiger partial charge in [-0.05, 0) is 29.8 Å². The highest BCUT2D eigenvalue weighted by Gasteiger charge is 2.16. The third-order valence-corrected chi connectivity index (χ3v) is 6.30. The molecule has 0 amide bonds. The average molecular weight is 424 g/mol. The molecule has 0 bridgehead atoms. The van der Waals surface area contributed by atoms with Crippen LogP contribution >= 0.6 is 35.0 Å². The van der Waals surface area contributed by atoms with E-state index in [0.29, 0.717) is 21.6 Å². The number of methoxy groups -OCH3 is 1. The maximum Gasteiger partial charge on any atom is 0.240 e. The number of nitrogens with one attached hydrogen (secondary N) is 1. The summed E-state index contributed by atoms with van der Waals surface area (Å²) in [6, 6.07) is 8.67. The summed E-state index contributed by atoms with van der Waals surface area (Å²) in [6.45, 7) is 0.234. The largest absolute Gasteiger partial charge is 0.494 e. The number of hydrogen-bond donors (Lipinski definition) is 1. The Morgan fingerprint density at radius 3 is 2.64 bits per heavy atom. The summed E-state index contributed by atoms with van der Waals surface area (Å²) in [5, 5.41) is 1.15. The van der Waals surface area contributed by atoms with Crippen molar-refractivity contribution in [3.63, 3.8) is 0 Å². The van der Waals surface area contributed by atoms with Crippen LogP contribution in [0.4, 0.5) is 4.39 Å². The summed E-state index contributed by atoms with van der Waals surface area (Å²) >= 11 is 13.5. The summed E-state index contributed by atoms with van der Waals surface area (Å²) in [5.41, 5.74) is 0.933. The van der Waals surface area contributed by atoms with E-state index in [1.807, 2.05) is 6.07 Å². The number of halogens is 3. The minimum atomic E-state index is -3.72. The fourth-order valence-corrected chi connectivity index (χ4v) is 4.55. The molecule has 0 saturated heterocycles. The molecule has 2 aromatic rings. The van der Waals surface area contributed by atoms with Crippen LogP contribution in [0.5, 0.6) is 5.75 Å². The Bertz CT molecular complexity index is 847. The molecular weight excluding hydrogens is 408 g/mol. The molecule has 0 aliphatic carbocycles. The van der Waals surface area contributed by atoms with Gasteiger partial charge in [0.15, 0.2) is 11.6 Å². The number of sulfonamides is 1. The zero-order chi connectivity index (χ0) is 18.4. The van der Waals surface area contributed by atoms with Gasteiger partial charge in [0, 0.05) is 34.2 Å². The van der Waals surface area contributed by atoms with Crippen LogP contribution in [0.25, 0.3) is 0 Å². The molecule has 2 aromatic carbocycles. The van der Waals surface area contributed by atoms with Gasteiger partial charge in [0.05, 0.1) is 12.0 Å². The Kier molecular flexibility index (Phi) is 7.39. The Morgan fingerprint density at radius 1 is 1.20 bits per heavy atom. The predicted molar refractivity (Wildman–Crippen MR) is 101 cm³/mol. The van der Waals surface area contributed by atoms with Gasteiger partial charge in [-0.25, -0.2) is 17.5 Å². The van der Waals surface area contributed by atoms with E-state index in [1.165, 1.54) is 24.9 Å². The molecule has 1 N–H and O–H groups in total. The van der Waals surface area contributed by atoms with Crippen LogP contribution < -0.4 is 9.46 Å². The lowest BCUT2D eigenvalue weighted by Crippen LogP contribution is -2.26. The van der Waals surface area contributed by atoms with E-state index in [9.17, 15) is 12.8 Å². The molecule has 0 aromatic heterocycles. The van der Waals surface area contributed by atoms with Gasteiger partial charge in [-0.15, -0.1) is 0 Å². The van der Waals surface area contributed by atoms with Gasteiger partial charge in [-0.2, -0.15) is 11.8 Å². The molecule has 0 aliphatic rings. The summed E-state index contributed by atoms with van der Waals surface area (Å²) < 4.78 is 45.0. The predicted octanol–water partition coefficient (Wildman–Crippen LogP) is 4.35. The van der Waals surface area contributed by atoms with Crippen molar-refractivity contribution < 1.29 is 17.5 Å². The molecule has 2 rings (SSSR count). The van der Waals surface area contributed by atoms with E-state index in [0.717, 1.165) is 17.7 Å². The zero-order valence-corrected chi connectivity index (χ0v) is 16.4. The molecule has 0 spiro atoms. The summed E-state index contributed by atoms with van der Waals surface area (Å²) in [6.07, 6.45) is 0. The number of hydrogen-bond acceptors (Lipinski definition) is 4. The van der Waals surface area contributed by atoms with Gasteiger partial charge in [-0.3, -0.25) is 0 Å². The number of benzene rings is 2. The maximum atomic E-state index is 13.4. The SMILES string of the molecule is COc1cc(S(=O)(=O)NCCSCc2ccc(Cl)cc2Cl)ccc1F. The lowest BCUT2D eigenvalue weighted by atomic mass is 10.2. The standard InChI is InChI=1S/C16H16Cl2FNO3S2/c1-23-16-9-13(4-5-15(16)19)25(21,22)20-6-7-24-10-11-2-3-12(17)8-14(11)18/h2-5,8-9,20H,6-7,10H2,1H3. The minimum absolute atomic E-state index is 0.0449. The van der Waals surface area contributed by atoms with Crippen LogP contribution in [0, 0.1) is 5.82 Å². The van der Waals surface area contributed by atoms with Crippen LogP contribution in [0.3, 0.4) is 0 Å². The van der Waals surface area contributed by atoms with Crippen molar-refractivity contribution in [2.75, 3.05) is 19.4 Å². The monoisotopic (exact) mass is 423 g/mol. The van der Waals surface area contributed by atoms with Crippen molar-refractivity contribution in [2.45, 2.75) is 10.6 Å². The molecule has 9 heteroatoms. The number of ether oxygens (including phenoxy) is 1. The summed E-state index contributed by atoms with van der Waals surface area (Å²) in [5.74, 6) is 0.463. The van der Waals surface area contributed by atoms with Gasteiger partial charge in [0.2, 0.25) is 10.0 Å². The van der Waals surface area contributed by atoms with E-state index in [1.54, 1.807) is 12.1 Å². The van der Waals surface area contributed by atoms with Gasteiger partial charge < -0.3 is 4.74 Å². The maximum absolute atomic E-state index is 13.4. The first-order valence-electron chi connectivity index (χ1n) is 7.18. The first-order chi connectivity index (χ1) is 11.8. The smallest absolute Gasteiger partial charge is 0.240 e. The fourth-order valence-electron chi connectivity index (χ4n) is 1.96. The van der Waals surface area contributed by atoms with E-state index < -0.39 is 15.8 Å². The molecule has 25 heavy (non-hydrogen) atoms. The van der Waals surface area contributed by atoms with Crippen molar-refractivity contribution in [3.05, 3.63) is 57.8 Å². The molecule has 0 aliphatic heterocycles. The van der Waals surface area contributed by atoms with Gasteiger partial charge >= 0.3 is 0 Å². The van der Waals surface area contributed by atoms with Crippen LogP contribution in [-0.4, -0.2) is 27.8 Å². The van der Waals surface area contributed by atoms with Crippen LogP contribution in [0.2, 0.25) is 10.0 Å². The van der Waals surface area contributed by atoms with E-state index in [-0.39, 0.29) is 17.2 Å². The normalized spacial score (nSPS) is 11.5. The van der Waals surface area contributed by atoms with E-state index in [4.69, 9.17) is 27.9 Å². The highest BCUT2D eigenvalue weighted by atomic mass is 35.5. The van der Waals surface area contributed by atoms with Gasteiger partial charge in [0.25, 0.3) is 0 Å². The van der Waals surface area contributed by atoms with Crippen molar-refractivity contribution in [1.82, 2.24) is 4.72 Å². The number of thioether (sulfide) groups is 1. The Balaban J connectivity index is 1.86.